The smallest absolute Gasteiger partial charge is 0.0935 e. The van der Waals surface area contributed by atoms with E-state index in [1.54, 1.807) is 11.8 Å². The Hall–Kier alpha value is -0.980. The lowest BCUT2D eigenvalue weighted by Gasteiger charge is -2.15. The van der Waals surface area contributed by atoms with Gasteiger partial charge in [0.05, 0.1) is 11.3 Å². The summed E-state index contributed by atoms with van der Waals surface area (Å²) >= 11 is 1.72. The van der Waals surface area contributed by atoms with Crippen LogP contribution in [-0.2, 0) is 12.8 Å². The van der Waals surface area contributed by atoms with E-state index in [0.29, 0.717) is 0 Å². The molecule has 1 heterocycles. The number of nitriles is 1. The maximum atomic E-state index is 9.01. The maximum absolute atomic E-state index is 9.01. The summed E-state index contributed by atoms with van der Waals surface area (Å²) in [6.07, 6.45) is 2.23. The molecule has 0 saturated heterocycles. The number of aryl methyl sites for hydroxylation is 1. The van der Waals surface area contributed by atoms with Crippen molar-refractivity contribution in [1.82, 2.24) is 4.90 Å². The van der Waals surface area contributed by atoms with Crippen molar-refractivity contribution in [2.45, 2.75) is 36.8 Å². The lowest BCUT2D eigenvalue weighted by molar-refractivity contribution is 0.352. The molecule has 0 spiro atoms. The Balaban J connectivity index is 2.37. The van der Waals surface area contributed by atoms with Gasteiger partial charge in [-0.25, -0.2) is 0 Å². The van der Waals surface area contributed by atoms with Crippen molar-refractivity contribution in [2.75, 3.05) is 20.1 Å². The quantitative estimate of drug-likeness (QED) is 0.765. The van der Waals surface area contributed by atoms with Crippen LogP contribution in [0.25, 0.3) is 0 Å². The Labute approximate surface area is 114 Å². The van der Waals surface area contributed by atoms with Gasteiger partial charge >= 0.3 is 0 Å². The van der Waals surface area contributed by atoms with Crippen LogP contribution in [0.4, 0.5) is 0 Å². The van der Waals surface area contributed by atoms with Gasteiger partial charge in [0.2, 0.25) is 0 Å². The summed E-state index contributed by atoms with van der Waals surface area (Å²) < 4.78 is 0. The second kappa shape index (κ2) is 5.77. The molecule has 0 N–H and O–H groups in total. The lowest BCUT2D eigenvalue weighted by atomic mass is 10.0. The second-order valence-corrected chi connectivity index (χ2v) is 6.39. The molecule has 18 heavy (non-hydrogen) atoms. The van der Waals surface area contributed by atoms with Crippen molar-refractivity contribution in [3.05, 3.63) is 28.8 Å². The molecule has 0 aliphatic carbocycles. The lowest BCUT2D eigenvalue weighted by Crippen LogP contribution is -2.20. The van der Waals surface area contributed by atoms with Gasteiger partial charge in [-0.1, -0.05) is 12.1 Å². The van der Waals surface area contributed by atoms with Crippen molar-refractivity contribution >= 4 is 11.8 Å². The number of nitrogens with zero attached hydrogens (tertiary/aromatic N) is 2. The molecule has 0 amide bonds. The summed E-state index contributed by atoms with van der Waals surface area (Å²) in [6.45, 7) is 6.38. The molecule has 2 nitrogen and oxygen atoms in total. The van der Waals surface area contributed by atoms with E-state index in [1.807, 2.05) is 6.92 Å². The molecule has 0 saturated carbocycles. The number of fused-ring (bicyclic) bond motifs is 1. The summed E-state index contributed by atoms with van der Waals surface area (Å²) in [5.41, 5.74) is 4.26. The van der Waals surface area contributed by atoms with Gasteiger partial charge in [-0.05, 0) is 50.4 Å². The van der Waals surface area contributed by atoms with Gasteiger partial charge in [0, 0.05) is 18.0 Å². The fourth-order valence-electron chi connectivity index (χ4n) is 2.39. The first-order chi connectivity index (χ1) is 8.61. The Morgan fingerprint density at radius 3 is 2.78 bits per heavy atom. The fourth-order valence-corrected chi connectivity index (χ4v) is 3.42. The zero-order valence-corrected chi connectivity index (χ0v) is 12.2. The van der Waals surface area contributed by atoms with Crippen LogP contribution in [0.15, 0.2) is 17.0 Å². The zero-order valence-electron chi connectivity index (χ0n) is 11.4. The SMILES string of the molecule is Cc1ccc2c(c1SC(C)C#N)CCN(C)CC2. The molecule has 3 heteroatoms. The molecular weight excluding hydrogens is 240 g/mol. The summed E-state index contributed by atoms with van der Waals surface area (Å²) in [4.78, 5) is 3.73. The summed E-state index contributed by atoms with van der Waals surface area (Å²) in [5.74, 6) is 0. The van der Waals surface area contributed by atoms with Crippen LogP contribution in [0.3, 0.4) is 0 Å². The molecule has 1 atom stereocenters. The molecule has 1 aromatic carbocycles. The molecule has 1 unspecified atom stereocenters. The number of benzene rings is 1. The van der Waals surface area contributed by atoms with E-state index in [2.05, 4.69) is 37.1 Å². The molecule has 96 valence electrons. The first-order valence-corrected chi connectivity index (χ1v) is 7.36. The van der Waals surface area contributed by atoms with E-state index in [9.17, 15) is 0 Å². The molecule has 0 radical (unpaired) electrons. The number of likely N-dealkylation sites (N-methyl/N-ethyl adjacent to an activating group) is 1. The minimum absolute atomic E-state index is 0.0242. The zero-order chi connectivity index (χ0) is 13.1. The van der Waals surface area contributed by atoms with Gasteiger partial charge in [-0.2, -0.15) is 5.26 Å². The largest absolute Gasteiger partial charge is 0.306 e. The number of hydrogen-bond acceptors (Lipinski definition) is 3. The highest BCUT2D eigenvalue weighted by atomic mass is 32.2. The van der Waals surface area contributed by atoms with Gasteiger partial charge in [0.25, 0.3) is 0 Å². The van der Waals surface area contributed by atoms with Gasteiger partial charge in [-0.3, -0.25) is 0 Å². The molecule has 0 aromatic heterocycles. The number of hydrogen-bond donors (Lipinski definition) is 0. The van der Waals surface area contributed by atoms with Gasteiger partial charge < -0.3 is 4.90 Å². The van der Waals surface area contributed by atoms with Crippen molar-refractivity contribution < 1.29 is 0 Å². The third-order valence-corrected chi connectivity index (χ3v) is 4.80. The Morgan fingerprint density at radius 2 is 2.06 bits per heavy atom. The number of thioether (sulfide) groups is 1. The summed E-state index contributed by atoms with van der Waals surface area (Å²) in [5, 5.41) is 9.03. The molecule has 0 bridgehead atoms. The summed E-state index contributed by atoms with van der Waals surface area (Å²) in [6, 6.07) is 6.80. The van der Waals surface area contributed by atoms with Crippen molar-refractivity contribution in [2.24, 2.45) is 0 Å². The minimum atomic E-state index is 0.0242. The van der Waals surface area contributed by atoms with Crippen LogP contribution in [0.1, 0.15) is 23.6 Å². The molecular formula is C15H20N2S. The van der Waals surface area contributed by atoms with Crippen LogP contribution in [-0.4, -0.2) is 30.3 Å². The predicted molar refractivity (Wildman–Crippen MR) is 77.0 cm³/mol. The van der Waals surface area contributed by atoms with Gasteiger partial charge in [0.1, 0.15) is 0 Å². The molecule has 1 aliphatic rings. The van der Waals surface area contributed by atoms with Crippen LogP contribution < -0.4 is 0 Å². The first-order valence-electron chi connectivity index (χ1n) is 6.48. The van der Waals surface area contributed by atoms with E-state index < -0.39 is 0 Å². The first kappa shape index (κ1) is 13.5. The minimum Gasteiger partial charge on any atom is -0.306 e. The topological polar surface area (TPSA) is 27.0 Å². The second-order valence-electron chi connectivity index (χ2n) is 5.04. The average Bonchev–Trinajstić information content (AvgIpc) is 2.55. The van der Waals surface area contributed by atoms with E-state index in [1.165, 1.54) is 21.6 Å². The van der Waals surface area contributed by atoms with Crippen molar-refractivity contribution in [3.63, 3.8) is 0 Å². The fraction of sp³-hybridized carbons (Fsp3) is 0.533. The van der Waals surface area contributed by atoms with E-state index in [0.717, 1.165) is 25.9 Å². The molecule has 2 rings (SSSR count). The Morgan fingerprint density at radius 1 is 1.33 bits per heavy atom. The van der Waals surface area contributed by atoms with E-state index >= 15 is 0 Å². The molecule has 1 aliphatic heterocycles. The average molecular weight is 260 g/mol. The van der Waals surface area contributed by atoms with Crippen molar-refractivity contribution in [1.29, 1.82) is 5.26 Å². The molecule has 1 aromatic rings. The highest BCUT2D eigenvalue weighted by molar-refractivity contribution is 8.00. The molecule has 0 fully saturated rings. The third kappa shape index (κ3) is 2.88. The van der Waals surface area contributed by atoms with Gasteiger partial charge in [0.15, 0.2) is 0 Å². The number of rotatable bonds is 2. The van der Waals surface area contributed by atoms with Crippen LogP contribution in [0.2, 0.25) is 0 Å². The maximum Gasteiger partial charge on any atom is 0.0935 e. The van der Waals surface area contributed by atoms with Gasteiger partial charge in [-0.15, -0.1) is 11.8 Å². The third-order valence-electron chi connectivity index (χ3n) is 3.54. The highest BCUT2D eigenvalue weighted by Crippen LogP contribution is 2.33. The standard InChI is InChI=1S/C15H20N2S/c1-11-4-5-13-6-8-17(3)9-7-14(13)15(11)18-12(2)10-16/h4-5,12H,6-9H2,1-3H3. The van der Waals surface area contributed by atoms with E-state index in [4.69, 9.17) is 5.26 Å². The van der Waals surface area contributed by atoms with Crippen LogP contribution >= 0.6 is 11.8 Å². The summed E-state index contributed by atoms with van der Waals surface area (Å²) in [7, 11) is 2.18. The Bertz CT molecular complexity index is 476. The highest BCUT2D eigenvalue weighted by Gasteiger charge is 2.17. The van der Waals surface area contributed by atoms with E-state index in [-0.39, 0.29) is 5.25 Å². The van der Waals surface area contributed by atoms with Crippen LogP contribution in [0, 0.1) is 18.3 Å². The normalized spacial score (nSPS) is 17.7. The predicted octanol–water partition coefficient (Wildman–Crippen LogP) is 3.03. The van der Waals surface area contributed by atoms with Crippen molar-refractivity contribution in [3.8, 4) is 6.07 Å². The Kier molecular flexibility index (Phi) is 4.31. The van der Waals surface area contributed by atoms with Crippen LogP contribution in [0.5, 0.6) is 0 Å². The monoisotopic (exact) mass is 260 g/mol.